The van der Waals surface area contributed by atoms with Gasteiger partial charge in [0.25, 0.3) is 0 Å². The molecule has 0 spiro atoms. The first-order chi connectivity index (χ1) is 9.24. The van der Waals surface area contributed by atoms with E-state index in [1.807, 2.05) is 18.0 Å². The molecule has 2 fully saturated rings. The van der Waals surface area contributed by atoms with Gasteiger partial charge in [0.15, 0.2) is 0 Å². The maximum atomic E-state index is 12.4. The molecule has 0 radical (unpaired) electrons. The molecule has 1 N–H and O–H groups in total. The fourth-order valence-electron chi connectivity index (χ4n) is 3.03. The van der Waals surface area contributed by atoms with Crippen molar-refractivity contribution in [1.29, 1.82) is 0 Å². The van der Waals surface area contributed by atoms with Gasteiger partial charge in [0, 0.05) is 50.0 Å². The maximum Gasteiger partial charge on any atom is 0.225 e. The molecule has 2 aliphatic rings. The second kappa shape index (κ2) is 5.33. The standard InChI is InChI=1S/C14H21N3O2/c1-10-8-15-13(16-10)12-2-5-17(9-12)14(18)11-3-6-19-7-4-11/h8,11-12H,2-7,9H2,1H3,(H,15,16)/t12-/m1/s1. The van der Waals surface area contributed by atoms with Crippen LogP contribution in [-0.2, 0) is 9.53 Å². The van der Waals surface area contributed by atoms with Crippen molar-refractivity contribution in [3.63, 3.8) is 0 Å². The van der Waals surface area contributed by atoms with Crippen molar-refractivity contribution < 1.29 is 9.53 Å². The molecule has 19 heavy (non-hydrogen) atoms. The van der Waals surface area contributed by atoms with E-state index < -0.39 is 0 Å². The van der Waals surface area contributed by atoms with Gasteiger partial charge in [0.1, 0.15) is 5.82 Å². The highest BCUT2D eigenvalue weighted by Crippen LogP contribution is 2.28. The number of nitrogens with zero attached hydrogens (tertiary/aromatic N) is 2. The Balaban J connectivity index is 1.60. The fourth-order valence-corrected chi connectivity index (χ4v) is 3.03. The Morgan fingerprint density at radius 2 is 2.21 bits per heavy atom. The third kappa shape index (κ3) is 2.66. The molecule has 5 nitrogen and oxygen atoms in total. The Morgan fingerprint density at radius 1 is 1.42 bits per heavy atom. The number of carbonyl (C=O) groups is 1. The zero-order chi connectivity index (χ0) is 13.2. The average Bonchev–Trinajstić information content (AvgIpc) is 3.07. The number of amides is 1. The lowest BCUT2D eigenvalue weighted by atomic mass is 9.99. The Bertz CT molecular complexity index is 451. The predicted octanol–water partition coefficient (Wildman–Crippen LogP) is 1.46. The van der Waals surface area contributed by atoms with Gasteiger partial charge in [-0.15, -0.1) is 0 Å². The average molecular weight is 263 g/mol. The van der Waals surface area contributed by atoms with E-state index in [1.165, 1.54) is 0 Å². The number of hydrogen-bond acceptors (Lipinski definition) is 3. The van der Waals surface area contributed by atoms with E-state index in [0.717, 1.165) is 57.1 Å². The largest absolute Gasteiger partial charge is 0.381 e. The van der Waals surface area contributed by atoms with Crippen LogP contribution in [0.4, 0.5) is 0 Å². The third-order valence-electron chi connectivity index (χ3n) is 4.18. The van der Waals surface area contributed by atoms with Crippen LogP contribution in [0, 0.1) is 12.8 Å². The van der Waals surface area contributed by atoms with Crippen LogP contribution in [0.3, 0.4) is 0 Å². The summed E-state index contributed by atoms with van der Waals surface area (Å²) in [5, 5.41) is 0. The zero-order valence-electron chi connectivity index (χ0n) is 11.4. The minimum Gasteiger partial charge on any atom is -0.381 e. The van der Waals surface area contributed by atoms with Crippen LogP contribution in [-0.4, -0.2) is 47.1 Å². The lowest BCUT2D eigenvalue weighted by Gasteiger charge is -2.26. The number of ether oxygens (including phenoxy) is 1. The molecule has 0 bridgehead atoms. The van der Waals surface area contributed by atoms with E-state index in [-0.39, 0.29) is 5.92 Å². The summed E-state index contributed by atoms with van der Waals surface area (Å²) in [6.07, 6.45) is 4.62. The number of carbonyl (C=O) groups excluding carboxylic acids is 1. The van der Waals surface area contributed by atoms with Crippen LogP contribution in [0.15, 0.2) is 6.20 Å². The molecule has 0 aliphatic carbocycles. The van der Waals surface area contributed by atoms with Crippen molar-refractivity contribution in [3.8, 4) is 0 Å². The number of nitrogens with one attached hydrogen (secondary N) is 1. The summed E-state index contributed by atoms with van der Waals surface area (Å²) < 4.78 is 5.32. The third-order valence-corrected chi connectivity index (χ3v) is 4.18. The molecule has 5 heteroatoms. The highest BCUT2D eigenvalue weighted by molar-refractivity contribution is 5.79. The van der Waals surface area contributed by atoms with Crippen LogP contribution in [0.25, 0.3) is 0 Å². The van der Waals surface area contributed by atoms with Crippen molar-refractivity contribution in [2.45, 2.75) is 32.1 Å². The molecule has 0 unspecified atom stereocenters. The summed E-state index contributed by atoms with van der Waals surface area (Å²) in [6, 6.07) is 0. The molecule has 3 rings (SSSR count). The van der Waals surface area contributed by atoms with E-state index in [0.29, 0.717) is 11.8 Å². The molecule has 1 amide bonds. The van der Waals surface area contributed by atoms with E-state index in [9.17, 15) is 4.79 Å². The van der Waals surface area contributed by atoms with Gasteiger partial charge in [0.2, 0.25) is 5.91 Å². The van der Waals surface area contributed by atoms with Crippen molar-refractivity contribution in [1.82, 2.24) is 14.9 Å². The molecular weight excluding hydrogens is 242 g/mol. The molecule has 2 saturated heterocycles. The van der Waals surface area contributed by atoms with Crippen LogP contribution >= 0.6 is 0 Å². The first-order valence-electron chi connectivity index (χ1n) is 7.12. The van der Waals surface area contributed by atoms with Gasteiger partial charge in [-0.1, -0.05) is 0 Å². The SMILES string of the molecule is Cc1cnc([C@@H]2CCN(C(=O)C3CCOCC3)C2)[nH]1. The summed E-state index contributed by atoms with van der Waals surface area (Å²) in [6.45, 7) is 5.14. The number of imidazole rings is 1. The summed E-state index contributed by atoms with van der Waals surface area (Å²) in [7, 11) is 0. The summed E-state index contributed by atoms with van der Waals surface area (Å²) in [4.78, 5) is 22.1. The van der Waals surface area contributed by atoms with Crippen LogP contribution in [0.2, 0.25) is 0 Å². The van der Waals surface area contributed by atoms with Crippen molar-refractivity contribution in [2.24, 2.45) is 5.92 Å². The Hall–Kier alpha value is -1.36. The number of aryl methyl sites for hydroxylation is 1. The molecule has 3 heterocycles. The van der Waals surface area contributed by atoms with Crippen molar-refractivity contribution in [3.05, 3.63) is 17.7 Å². The summed E-state index contributed by atoms with van der Waals surface area (Å²) in [5.41, 5.74) is 1.09. The minimum absolute atomic E-state index is 0.172. The number of hydrogen-bond donors (Lipinski definition) is 1. The topological polar surface area (TPSA) is 58.2 Å². The number of H-pyrrole nitrogens is 1. The highest BCUT2D eigenvalue weighted by Gasteiger charge is 2.33. The molecule has 0 saturated carbocycles. The van der Waals surface area contributed by atoms with Gasteiger partial charge in [-0.05, 0) is 26.2 Å². The maximum absolute atomic E-state index is 12.4. The van der Waals surface area contributed by atoms with Gasteiger partial charge >= 0.3 is 0 Å². The Labute approximate surface area is 113 Å². The summed E-state index contributed by atoms with van der Waals surface area (Å²) >= 11 is 0. The second-order valence-electron chi connectivity index (χ2n) is 5.61. The Morgan fingerprint density at radius 3 is 2.89 bits per heavy atom. The first kappa shape index (κ1) is 12.7. The van der Waals surface area contributed by atoms with E-state index in [4.69, 9.17) is 4.74 Å². The van der Waals surface area contributed by atoms with E-state index >= 15 is 0 Å². The van der Waals surface area contributed by atoms with Gasteiger partial charge in [-0.2, -0.15) is 0 Å². The van der Waals surface area contributed by atoms with Crippen molar-refractivity contribution in [2.75, 3.05) is 26.3 Å². The number of rotatable bonds is 2. The van der Waals surface area contributed by atoms with Crippen molar-refractivity contribution >= 4 is 5.91 Å². The fraction of sp³-hybridized carbons (Fsp3) is 0.714. The highest BCUT2D eigenvalue weighted by atomic mass is 16.5. The minimum atomic E-state index is 0.172. The molecule has 1 aromatic heterocycles. The second-order valence-corrected chi connectivity index (χ2v) is 5.61. The Kier molecular flexibility index (Phi) is 3.55. The lowest BCUT2D eigenvalue weighted by Crippen LogP contribution is -2.37. The predicted molar refractivity (Wildman–Crippen MR) is 70.8 cm³/mol. The normalized spacial score (nSPS) is 24.9. The van der Waals surface area contributed by atoms with Crippen LogP contribution in [0.1, 0.15) is 36.7 Å². The molecule has 1 aromatic rings. The smallest absolute Gasteiger partial charge is 0.225 e. The molecule has 104 valence electrons. The van der Waals surface area contributed by atoms with Gasteiger partial charge in [0.05, 0.1) is 0 Å². The number of aromatic nitrogens is 2. The monoisotopic (exact) mass is 263 g/mol. The van der Waals surface area contributed by atoms with Gasteiger partial charge in [-0.3, -0.25) is 4.79 Å². The number of likely N-dealkylation sites (tertiary alicyclic amines) is 1. The molecule has 0 aromatic carbocycles. The zero-order valence-corrected chi connectivity index (χ0v) is 11.4. The quantitative estimate of drug-likeness (QED) is 0.879. The van der Waals surface area contributed by atoms with Gasteiger partial charge < -0.3 is 14.6 Å². The van der Waals surface area contributed by atoms with Crippen LogP contribution < -0.4 is 0 Å². The van der Waals surface area contributed by atoms with E-state index in [2.05, 4.69) is 9.97 Å². The molecule has 1 atom stereocenters. The molecule has 2 aliphatic heterocycles. The van der Waals surface area contributed by atoms with Gasteiger partial charge in [-0.25, -0.2) is 4.98 Å². The number of aromatic amines is 1. The van der Waals surface area contributed by atoms with Crippen LogP contribution in [0.5, 0.6) is 0 Å². The summed E-state index contributed by atoms with van der Waals surface area (Å²) in [5.74, 6) is 1.89. The molecular formula is C14H21N3O2. The lowest BCUT2D eigenvalue weighted by molar-refractivity contribution is -0.137. The first-order valence-corrected chi connectivity index (χ1v) is 7.12. The van der Waals surface area contributed by atoms with E-state index in [1.54, 1.807) is 0 Å².